The predicted molar refractivity (Wildman–Crippen MR) is 104 cm³/mol. The fourth-order valence-corrected chi connectivity index (χ4v) is 2.54. The summed E-state index contributed by atoms with van der Waals surface area (Å²) in [6.07, 6.45) is 0. The van der Waals surface area contributed by atoms with Crippen molar-refractivity contribution < 1.29 is 14.3 Å². The third-order valence-corrected chi connectivity index (χ3v) is 3.76. The van der Waals surface area contributed by atoms with Crippen LogP contribution in [0.2, 0.25) is 0 Å². The normalized spacial score (nSPS) is 10.3. The molecule has 3 rings (SSSR count). The van der Waals surface area contributed by atoms with Gasteiger partial charge in [-0.15, -0.1) is 0 Å². The van der Waals surface area contributed by atoms with Crippen molar-refractivity contribution in [3.63, 3.8) is 0 Å². The molecule has 1 aromatic heterocycles. The summed E-state index contributed by atoms with van der Waals surface area (Å²) in [5.41, 5.74) is 7.72. The molecule has 0 aliphatic rings. The molecule has 0 saturated carbocycles. The summed E-state index contributed by atoms with van der Waals surface area (Å²) in [4.78, 5) is 20.7. The van der Waals surface area contributed by atoms with Crippen LogP contribution in [0.3, 0.4) is 0 Å². The van der Waals surface area contributed by atoms with Crippen molar-refractivity contribution in [2.75, 3.05) is 24.8 Å². The van der Waals surface area contributed by atoms with Gasteiger partial charge in [-0.05, 0) is 43.3 Å². The molecule has 0 saturated heterocycles. The number of nitrogens with two attached hydrogens (primary N) is 1. The van der Waals surface area contributed by atoms with Crippen LogP contribution in [-0.2, 0) is 4.74 Å². The van der Waals surface area contributed by atoms with Crippen molar-refractivity contribution in [2.45, 2.75) is 6.92 Å². The Kier molecular flexibility index (Phi) is 5.51. The van der Waals surface area contributed by atoms with Gasteiger partial charge in [0.15, 0.2) is 5.82 Å². The second-order valence-corrected chi connectivity index (χ2v) is 5.62. The maximum Gasteiger partial charge on any atom is 0.339 e. The molecule has 3 N–H and O–H groups in total. The molecule has 27 heavy (non-hydrogen) atoms. The SMILES string of the molecule is CCOc1ccc(-c2nc(N)cc(Nc3ccccc3C(=O)OC)n2)cc1. The fraction of sp³-hybridized carbons (Fsp3) is 0.150. The van der Waals surface area contributed by atoms with Crippen molar-refractivity contribution in [3.05, 3.63) is 60.2 Å². The van der Waals surface area contributed by atoms with E-state index in [1.165, 1.54) is 7.11 Å². The Hall–Kier alpha value is -3.61. The molecule has 0 atom stereocenters. The Balaban J connectivity index is 1.91. The second kappa shape index (κ2) is 8.18. The monoisotopic (exact) mass is 364 g/mol. The highest BCUT2D eigenvalue weighted by Crippen LogP contribution is 2.25. The van der Waals surface area contributed by atoms with Gasteiger partial charge < -0.3 is 20.5 Å². The molecule has 0 aliphatic heterocycles. The van der Waals surface area contributed by atoms with Crippen molar-refractivity contribution >= 4 is 23.3 Å². The van der Waals surface area contributed by atoms with Crippen LogP contribution < -0.4 is 15.8 Å². The summed E-state index contributed by atoms with van der Waals surface area (Å²) in [5, 5.41) is 3.11. The van der Waals surface area contributed by atoms with E-state index in [2.05, 4.69) is 15.3 Å². The zero-order chi connectivity index (χ0) is 19.2. The van der Waals surface area contributed by atoms with Crippen LogP contribution in [0.25, 0.3) is 11.4 Å². The second-order valence-electron chi connectivity index (χ2n) is 5.62. The van der Waals surface area contributed by atoms with Crippen LogP contribution in [0, 0.1) is 0 Å². The van der Waals surface area contributed by atoms with E-state index < -0.39 is 5.97 Å². The number of hydrogen-bond acceptors (Lipinski definition) is 7. The van der Waals surface area contributed by atoms with Gasteiger partial charge in [-0.3, -0.25) is 0 Å². The molecule has 1 heterocycles. The number of esters is 1. The highest BCUT2D eigenvalue weighted by Gasteiger charge is 2.13. The average molecular weight is 364 g/mol. The van der Waals surface area contributed by atoms with E-state index in [-0.39, 0.29) is 0 Å². The third kappa shape index (κ3) is 4.33. The first-order valence-electron chi connectivity index (χ1n) is 8.43. The minimum atomic E-state index is -0.438. The molecule has 0 bridgehead atoms. The number of hydrogen-bond donors (Lipinski definition) is 2. The number of anilines is 3. The first-order chi connectivity index (χ1) is 13.1. The molecular formula is C20H20N4O3. The van der Waals surface area contributed by atoms with E-state index in [0.29, 0.717) is 35.3 Å². The van der Waals surface area contributed by atoms with E-state index in [9.17, 15) is 4.79 Å². The highest BCUT2D eigenvalue weighted by molar-refractivity contribution is 5.96. The molecular weight excluding hydrogens is 344 g/mol. The van der Waals surface area contributed by atoms with Crippen LogP contribution in [0.1, 0.15) is 17.3 Å². The van der Waals surface area contributed by atoms with Crippen molar-refractivity contribution in [2.24, 2.45) is 0 Å². The number of rotatable bonds is 6. The zero-order valence-corrected chi connectivity index (χ0v) is 15.1. The predicted octanol–water partition coefficient (Wildman–Crippen LogP) is 3.65. The minimum Gasteiger partial charge on any atom is -0.494 e. The molecule has 0 amide bonds. The first-order valence-corrected chi connectivity index (χ1v) is 8.43. The Morgan fingerprint density at radius 1 is 1.11 bits per heavy atom. The standard InChI is InChI=1S/C20H20N4O3/c1-3-27-14-10-8-13(9-11-14)19-23-17(21)12-18(24-19)22-16-7-5-4-6-15(16)20(25)26-2/h4-12H,3H2,1-2H3,(H3,21,22,23,24). The molecule has 0 radical (unpaired) electrons. The smallest absolute Gasteiger partial charge is 0.339 e. The molecule has 7 heteroatoms. The number of para-hydroxylation sites is 1. The lowest BCUT2D eigenvalue weighted by Crippen LogP contribution is -2.07. The van der Waals surface area contributed by atoms with E-state index in [4.69, 9.17) is 15.2 Å². The van der Waals surface area contributed by atoms with E-state index in [1.807, 2.05) is 37.3 Å². The van der Waals surface area contributed by atoms with Gasteiger partial charge in [-0.2, -0.15) is 0 Å². The largest absolute Gasteiger partial charge is 0.494 e. The summed E-state index contributed by atoms with van der Waals surface area (Å²) in [7, 11) is 1.34. The number of ether oxygens (including phenoxy) is 2. The number of methoxy groups -OCH3 is 1. The molecule has 0 unspecified atom stereocenters. The van der Waals surface area contributed by atoms with Crippen molar-refractivity contribution in [1.82, 2.24) is 9.97 Å². The Morgan fingerprint density at radius 2 is 1.85 bits per heavy atom. The number of benzene rings is 2. The summed E-state index contributed by atoms with van der Waals surface area (Å²) in [6, 6.07) is 16.1. The van der Waals surface area contributed by atoms with Gasteiger partial charge in [0.1, 0.15) is 17.4 Å². The third-order valence-electron chi connectivity index (χ3n) is 3.76. The van der Waals surface area contributed by atoms with Gasteiger partial charge in [0.25, 0.3) is 0 Å². The van der Waals surface area contributed by atoms with Crippen molar-refractivity contribution in [3.8, 4) is 17.1 Å². The fourth-order valence-electron chi connectivity index (χ4n) is 2.54. The lowest BCUT2D eigenvalue weighted by Gasteiger charge is -2.12. The number of nitrogens with zero attached hydrogens (tertiary/aromatic N) is 2. The number of nitrogen functional groups attached to an aromatic ring is 1. The number of aromatic nitrogens is 2. The summed E-state index contributed by atoms with van der Waals surface area (Å²) in [6.45, 7) is 2.53. The Bertz CT molecular complexity index is 942. The van der Waals surface area contributed by atoms with Gasteiger partial charge >= 0.3 is 5.97 Å². The van der Waals surface area contributed by atoms with E-state index in [0.717, 1.165) is 11.3 Å². The number of carbonyl (C=O) groups excluding carboxylic acids is 1. The lowest BCUT2D eigenvalue weighted by atomic mass is 10.1. The van der Waals surface area contributed by atoms with Gasteiger partial charge in [-0.25, -0.2) is 14.8 Å². The molecule has 0 aliphatic carbocycles. The molecule has 7 nitrogen and oxygen atoms in total. The average Bonchev–Trinajstić information content (AvgIpc) is 2.68. The van der Waals surface area contributed by atoms with Gasteiger partial charge in [0.05, 0.1) is 25.0 Å². The Morgan fingerprint density at radius 3 is 2.56 bits per heavy atom. The minimum absolute atomic E-state index is 0.312. The van der Waals surface area contributed by atoms with Crippen LogP contribution in [0.15, 0.2) is 54.6 Å². The lowest BCUT2D eigenvalue weighted by molar-refractivity contribution is 0.0602. The van der Waals surface area contributed by atoms with Gasteiger partial charge in [-0.1, -0.05) is 12.1 Å². The maximum atomic E-state index is 11.9. The first kappa shape index (κ1) is 18.2. The maximum absolute atomic E-state index is 11.9. The molecule has 0 fully saturated rings. The summed E-state index contributed by atoms with van der Waals surface area (Å²) < 4.78 is 10.3. The Labute approximate surface area is 157 Å². The quantitative estimate of drug-likeness (QED) is 0.644. The van der Waals surface area contributed by atoms with E-state index >= 15 is 0 Å². The topological polar surface area (TPSA) is 99.4 Å². The molecule has 2 aromatic carbocycles. The molecule has 3 aromatic rings. The number of nitrogens with one attached hydrogen (secondary N) is 1. The molecule has 0 spiro atoms. The molecule has 138 valence electrons. The highest BCUT2D eigenvalue weighted by atomic mass is 16.5. The van der Waals surface area contributed by atoms with Crippen LogP contribution in [0.4, 0.5) is 17.3 Å². The number of carbonyl (C=O) groups is 1. The van der Waals surface area contributed by atoms with Gasteiger partial charge in [0.2, 0.25) is 0 Å². The van der Waals surface area contributed by atoms with Crippen molar-refractivity contribution in [1.29, 1.82) is 0 Å². The zero-order valence-electron chi connectivity index (χ0n) is 15.1. The van der Waals surface area contributed by atoms with Crippen LogP contribution in [0.5, 0.6) is 5.75 Å². The summed E-state index contributed by atoms with van der Waals surface area (Å²) in [5.74, 6) is 1.59. The van der Waals surface area contributed by atoms with Crippen LogP contribution in [-0.4, -0.2) is 29.7 Å². The van der Waals surface area contributed by atoms with Crippen LogP contribution >= 0.6 is 0 Å². The van der Waals surface area contributed by atoms with Gasteiger partial charge in [0, 0.05) is 11.6 Å². The summed E-state index contributed by atoms with van der Waals surface area (Å²) >= 11 is 0. The van der Waals surface area contributed by atoms with E-state index in [1.54, 1.807) is 24.3 Å².